The zero-order chi connectivity index (χ0) is 15.6. The van der Waals surface area contributed by atoms with Crippen molar-refractivity contribution in [2.24, 2.45) is 0 Å². The third-order valence-electron chi connectivity index (χ3n) is 3.53. The average molecular weight is 322 g/mol. The van der Waals surface area contributed by atoms with Crippen LogP contribution in [0.15, 0.2) is 54.7 Å². The number of pyridine rings is 1. The molecule has 114 valence electrons. The Bertz CT molecular complexity index is 930. The second-order valence-electron chi connectivity index (χ2n) is 5.14. The number of nitrogens with zero attached hydrogens (tertiary/aromatic N) is 5. The lowest BCUT2D eigenvalue weighted by molar-refractivity contribution is 0.772. The summed E-state index contributed by atoms with van der Waals surface area (Å²) in [5.74, 6) is 1.58. The van der Waals surface area contributed by atoms with Crippen LogP contribution in [0.1, 0.15) is 18.8 Å². The van der Waals surface area contributed by atoms with Gasteiger partial charge in [0.1, 0.15) is 0 Å². The minimum Gasteiger partial charge on any atom is -0.351 e. The second-order valence-corrected chi connectivity index (χ2v) is 5.89. The molecule has 0 spiro atoms. The van der Waals surface area contributed by atoms with Gasteiger partial charge in [0.05, 0.1) is 6.04 Å². The van der Waals surface area contributed by atoms with Gasteiger partial charge in [-0.25, -0.2) is 0 Å². The molecule has 0 fully saturated rings. The third-order valence-corrected chi connectivity index (χ3v) is 4.17. The van der Waals surface area contributed by atoms with E-state index in [4.69, 9.17) is 0 Å². The van der Waals surface area contributed by atoms with Crippen LogP contribution in [0, 0.1) is 0 Å². The standard InChI is InChI=1S/C16H14N6S/c1-11(15-20-19-13-9-5-6-10-22(13)15)17-16-18-14(21-23-16)12-7-3-2-4-8-12/h2-11H,1H3,(H,17,18,21). The van der Waals surface area contributed by atoms with Gasteiger partial charge in [-0.3, -0.25) is 4.40 Å². The van der Waals surface area contributed by atoms with Crippen LogP contribution in [0.4, 0.5) is 5.13 Å². The summed E-state index contributed by atoms with van der Waals surface area (Å²) >= 11 is 1.35. The fourth-order valence-corrected chi connectivity index (χ4v) is 3.07. The summed E-state index contributed by atoms with van der Waals surface area (Å²) in [6.45, 7) is 2.03. The van der Waals surface area contributed by atoms with Crippen LogP contribution in [0.25, 0.3) is 17.0 Å². The van der Waals surface area contributed by atoms with E-state index in [1.807, 2.05) is 66.1 Å². The van der Waals surface area contributed by atoms with E-state index in [0.717, 1.165) is 28.0 Å². The van der Waals surface area contributed by atoms with Gasteiger partial charge in [0, 0.05) is 23.3 Å². The van der Waals surface area contributed by atoms with E-state index in [2.05, 4.69) is 24.9 Å². The monoisotopic (exact) mass is 322 g/mol. The number of benzene rings is 1. The molecule has 0 amide bonds. The lowest BCUT2D eigenvalue weighted by atomic mass is 10.2. The van der Waals surface area contributed by atoms with Crippen molar-refractivity contribution in [1.29, 1.82) is 0 Å². The average Bonchev–Trinajstić information content (AvgIpc) is 3.22. The molecule has 0 saturated carbocycles. The maximum Gasteiger partial charge on any atom is 0.203 e. The SMILES string of the molecule is CC(Nc1nc(-c2ccccc2)ns1)c1nnc2ccccn12. The van der Waals surface area contributed by atoms with Crippen LogP contribution < -0.4 is 5.32 Å². The van der Waals surface area contributed by atoms with E-state index in [-0.39, 0.29) is 6.04 Å². The Labute approximate surface area is 137 Å². The molecule has 4 rings (SSSR count). The normalized spacial score (nSPS) is 12.4. The maximum atomic E-state index is 4.55. The number of aromatic nitrogens is 5. The molecule has 1 unspecified atom stereocenters. The molecule has 0 bridgehead atoms. The first kappa shape index (κ1) is 13.8. The lowest BCUT2D eigenvalue weighted by Gasteiger charge is -2.10. The molecule has 3 aromatic heterocycles. The van der Waals surface area contributed by atoms with Crippen molar-refractivity contribution in [2.45, 2.75) is 13.0 Å². The van der Waals surface area contributed by atoms with Crippen molar-refractivity contribution < 1.29 is 0 Å². The summed E-state index contributed by atoms with van der Waals surface area (Å²) in [5, 5.41) is 12.6. The van der Waals surface area contributed by atoms with Gasteiger partial charge in [0.15, 0.2) is 17.3 Å². The molecule has 0 aliphatic carbocycles. The number of hydrogen-bond donors (Lipinski definition) is 1. The van der Waals surface area contributed by atoms with Gasteiger partial charge in [-0.15, -0.1) is 10.2 Å². The summed E-state index contributed by atoms with van der Waals surface area (Å²) in [6, 6.07) is 15.8. The zero-order valence-electron chi connectivity index (χ0n) is 12.4. The summed E-state index contributed by atoms with van der Waals surface area (Å²) in [6.07, 6.45) is 1.96. The Morgan fingerprint density at radius 1 is 1.04 bits per heavy atom. The van der Waals surface area contributed by atoms with E-state index in [1.165, 1.54) is 11.5 Å². The fourth-order valence-electron chi connectivity index (χ4n) is 2.39. The van der Waals surface area contributed by atoms with Crippen molar-refractivity contribution >= 4 is 22.3 Å². The third kappa shape index (κ3) is 2.66. The van der Waals surface area contributed by atoms with Crippen LogP contribution >= 0.6 is 11.5 Å². The predicted octanol–water partition coefficient (Wildman–Crippen LogP) is 3.42. The maximum absolute atomic E-state index is 4.55. The van der Waals surface area contributed by atoms with Crippen LogP contribution in [-0.2, 0) is 0 Å². The number of anilines is 1. The molecule has 3 heterocycles. The first-order valence-electron chi connectivity index (χ1n) is 7.26. The number of fused-ring (bicyclic) bond motifs is 1. The van der Waals surface area contributed by atoms with Gasteiger partial charge < -0.3 is 5.32 Å². The highest BCUT2D eigenvalue weighted by Gasteiger charge is 2.15. The Balaban J connectivity index is 1.57. The molecule has 1 aromatic carbocycles. The molecule has 0 aliphatic rings. The Morgan fingerprint density at radius 3 is 2.74 bits per heavy atom. The van der Waals surface area contributed by atoms with Crippen LogP contribution in [-0.4, -0.2) is 24.0 Å². The number of hydrogen-bond acceptors (Lipinski definition) is 6. The largest absolute Gasteiger partial charge is 0.351 e. The lowest BCUT2D eigenvalue weighted by Crippen LogP contribution is -2.10. The summed E-state index contributed by atoms with van der Waals surface area (Å²) < 4.78 is 6.38. The molecule has 7 heteroatoms. The second kappa shape index (κ2) is 5.77. The zero-order valence-corrected chi connectivity index (χ0v) is 13.2. The Hall–Kier alpha value is -2.80. The smallest absolute Gasteiger partial charge is 0.203 e. The molecule has 4 aromatic rings. The van der Waals surface area contributed by atoms with Crippen molar-refractivity contribution in [2.75, 3.05) is 5.32 Å². The summed E-state index contributed by atoms with van der Waals surface area (Å²) in [7, 11) is 0. The van der Waals surface area contributed by atoms with Crippen molar-refractivity contribution in [3.05, 3.63) is 60.6 Å². The van der Waals surface area contributed by atoms with Crippen LogP contribution in [0.2, 0.25) is 0 Å². The van der Waals surface area contributed by atoms with Gasteiger partial charge in [0.2, 0.25) is 5.13 Å². The Kier molecular flexibility index (Phi) is 3.47. The highest BCUT2D eigenvalue weighted by atomic mass is 32.1. The molecule has 6 nitrogen and oxygen atoms in total. The predicted molar refractivity (Wildman–Crippen MR) is 90.4 cm³/mol. The van der Waals surface area contributed by atoms with Crippen molar-refractivity contribution in [3.8, 4) is 11.4 Å². The molecule has 1 atom stereocenters. The minimum atomic E-state index is -0.0241. The van der Waals surface area contributed by atoms with E-state index in [0.29, 0.717) is 0 Å². The van der Waals surface area contributed by atoms with Crippen molar-refractivity contribution in [1.82, 2.24) is 24.0 Å². The van der Waals surface area contributed by atoms with Crippen molar-refractivity contribution in [3.63, 3.8) is 0 Å². The van der Waals surface area contributed by atoms with Gasteiger partial charge in [-0.2, -0.15) is 9.36 Å². The highest BCUT2D eigenvalue weighted by molar-refractivity contribution is 7.09. The molecule has 0 saturated heterocycles. The summed E-state index contributed by atoms with van der Waals surface area (Å²) in [5.41, 5.74) is 1.84. The molecule has 23 heavy (non-hydrogen) atoms. The van der Waals surface area contributed by atoms with Gasteiger partial charge in [-0.05, 0) is 19.1 Å². The molecule has 0 radical (unpaired) electrons. The molecular weight excluding hydrogens is 308 g/mol. The highest BCUT2D eigenvalue weighted by Crippen LogP contribution is 2.24. The first-order valence-corrected chi connectivity index (χ1v) is 8.04. The van der Waals surface area contributed by atoms with E-state index in [1.54, 1.807) is 0 Å². The van der Waals surface area contributed by atoms with Crippen LogP contribution in [0.3, 0.4) is 0 Å². The van der Waals surface area contributed by atoms with Gasteiger partial charge >= 0.3 is 0 Å². The topological polar surface area (TPSA) is 68.0 Å². The number of rotatable bonds is 4. The number of nitrogens with one attached hydrogen (secondary N) is 1. The quantitative estimate of drug-likeness (QED) is 0.623. The molecular formula is C16H14N6S. The Morgan fingerprint density at radius 2 is 1.87 bits per heavy atom. The van der Waals surface area contributed by atoms with Crippen LogP contribution in [0.5, 0.6) is 0 Å². The van der Waals surface area contributed by atoms with Gasteiger partial charge in [0.25, 0.3) is 0 Å². The van der Waals surface area contributed by atoms with E-state index in [9.17, 15) is 0 Å². The minimum absolute atomic E-state index is 0.0241. The molecule has 1 N–H and O–H groups in total. The summed E-state index contributed by atoms with van der Waals surface area (Å²) in [4.78, 5) is 4.55. The fraction of sp³-hybridized carbons (Fsp3) is 0.125. The van der Waals surface area contributed by atoms with E-state index >= 15 is 0 Å². The molecule has 0 aliphatic heterocycles. The first-order chi connectivity index (χ1) is 11.3. The van der Waals surface area contributed by atoms with E-state index < -0.39 is 0 Å². The van der Waals surface area contributed by atoms with Gasteiger partial charge in [-0.1, -0.05) is 36.4 Å².